The fourth-order valence-electron chi connectivity index (χ4n) is 5.17. The van der Waals surface area contributed by atoms with Crippen molar-refractivity contribution in [1.82, 2.24) is 0 Å². The first-order chi connectivity index (χ1) is 20.8. The van der Waals surface area contributed by atoms with E-state index in [-0.39, 0.29) is 12.2 Å². The molecule has 5 rings (SSSR count). The Kier molecular flexibility index (Phi) is 11.5. The van der Waals surface area contributed by atoms with E-state index in [2.05, 4.69) is 48.5 Å². The molecule has 218 valence electrons. The summed E-state index contributed by atoms with van der Waals surface area (Å²) in [6.45, 7) is 4.14. The van der Waals surface area contributed by atoms with Crippen molar-refractivity contribution in [3.63, 3.8) is 0 Å². The molecule has 0 aromatic heterocycles. The largest absolute Gasteiger partial charge is 0.374 e. The lowest BCUT2D eigenvalue weighted by atomic mass is 9.93. The summed E-state index contributed by atoms with van der Waals surface area (Å²) in [5.74, 6) is 0. The fourth-order valence-corrected chi connectivity index (χ4v) is 5.17. The Morgan fingerprint density at radius 1 is 0.524 bits per heavy atom. The van der Waals surface area contributed by atoms with Crippen molar-refractivity contribution >= 4 is 0 Å². The first-order valence-electron chi connectivity index (χ1n) is 14.7. The molecule has 0 amide bonds. The predicted octanol–water partition coefficient (Wildman–Crippen LogP) is 7.30. The maximum Gasteiger partial charge on any atom is 0.116 e. The van der Waals surface area contributed by atoms with Crippen LogP contribution in [-0.4, -0.2) is 37.1 Å². The molecule has 5 heteroatoms. The van der Waals surface area contributed by atoms with E-state index in [1.54, 1.807) is 0 Å². The monoisotopic (exact) mass is 564 g/mol. The first kappa shape index (κ1) is 29.9. The number of ether oxygens (including phenoxy) is 5. The number of allylic oxidation sites excluding steroid dienone is 1. The smallest absolute Gasteiger partial charge is 0.116 e. The Labute approximate surface area is 249 Å². The van der Waals surface area contributed by atoms with Gasteiger partial charge in [-0.15, -0.1) is 0 Å². The van der Waals surface area contributed by atoms with Crippen molar-refractivity contribution in [3.05, 3.63) is 156 Å². The molecule has 5 atom stereocenters. The molecule has 1 aliphatic heterocycles. The van der Waals surface area contributed by atoms with Gasteiger partial charge in [0.05, 0.1) is 33.0 Å². The van der Waals surface area contributed by atoms with Crippen molar-refractivity contribution in [2.45, 2.75) is 63.9 Å². The lowest BCUT2D eigenvalue weighted by molar-refractivity contribution is -0.263. The molecule has 0 N–H and O–H groups in total. The minimum Gasteiger partial charge on any atom is -0.374 e. The second-order valence-electron chi connectivity index (χ2n) is 10.4. The van der Waals surface area contributed by atoms with Crippen LogP contribution in [-0.2, 0) is 50.1 Å². The Morgan fingerprint density at radius 2 is 0.929 bits per heavy atom. The normalized spacial score (nSPS) is 22.4. The predicted molar refractivity (Wildman–Crippen MR) is 165 cm³/mol. The average molecular weight is 565 g/mol. The molecular weight excluding hydrogens is 524 g/mol. The molecule has 0 radical (unpaired) electrons. The van der Waals surface area contributed by atoms with E-state index in [4.69, 9.17) is 23.7 Å². The van der Waals surface area contributed by atoms with E-state index in [0.29, 0.717) is 33.0 Å². The third-order valence-electron chi connectivity index (χ3n) is 7.30. The third kappa shape index (κ3) is 8.71. The highest BCUT2D eigenvalue weighted by Crippen LogP contribution is 2.31. The van der Waals surface area contributed by atoms with Gasteiger partial charge in [-0.05, 0) is 29.2 Å². The quantitative estimate of drug-likeness (QED) is 0.150. The van der Waals surface area contributed by atoms with E-state index in [1.807, 2.05) is 91.9 Å². The molecule has 1 fully saturated rings. The van der Waals surface area contributed by atoms with Gasteiger partial charge in [0.25, 0.3) is 0 Å². The zero-order valence-corrected chi connectivity index (χ0v) is 24.2. The Morgan fingerprint density at radius 3 is 1.38 bits per heavy atom. The van der Waals surface area contributed by atoms with E-state index in [0.717, 1.165) is 22.3 Å². The maximum atomic E-state index is 6.72. The second-order valence-corrected chi connectivity index (χ2v) is 10.4. The summed E-state index contributed by atoms with van der Waals surface area (Å²) in [4.78, 5) is 0. The van der Waals surface area contributed by atoms with Gasteiger partial charge in [0.2, 0.25) is 0 Å². The molecule has 4 aromatic carbocycles. The summed E-state index contributed by atoms with van der Waals surface area (Å²) in [5.41, 5.74) is 4.38. The average Bonchev–Trinajstić information content (AvgIpc) is 3.05. The molecule has 1 saturated heterocycles. The summed E-state index contributed by atoms with van der Waals surface area (Å²) in [6, 6.07) is 40.8. The molecule has 4 aromatic rings. The van der Waals surface area contributed by atoms with Crippen LogP contribution in [0.25, 0.3) is 0 Å². The summed E-state index contributed by atoms with van der Waals surface area (Å²) in [6.07, 6.45) is 2.13. The number of hydrogen-bond donors (Lipinski definition) is 0. The van der Waals surface area contributed by atoms with Gasteiger partial charge in [-0.3, -0.25) is 0 Å². The lowest BCUT2D eigenvalue weighted by Gasteiger charge is -2.45. The topological polar surface area (TPSA) is 46.2 Å². The van der Waals surface area contributed by atoms with Crippen molar-refractivity contribution in [1.29, 1.82) is 0 Å². The van der Waals surface area contributed by atoms with E-state index in [1.165, 1.54) is 0 Å². The van der Waals surface area contributed by atoms with Crippen LogP contribution in [0.1, 0.15) is 29.2 Å². The molecule has 0 unspecified atom stereocenters. The summed E-state index contributed by atoms with van der Waals surface area (Å²) >= 11 is 0. The standard InChI is InChI=1S/C37H40O5/c1-2-15-33-35(39-25-30-18-9-4-10-19-30)37(41-27-32-22-13-6-14-23-32)36(40-26-31-20-11-5-12-21-31)34(42-33)28-38-24-29-16-7-3-8-17-29/h2-23,33-37H,24-28H2,1H3/b15-2+/t33-,34-,35-,36-,37-/m1/s1. The Bertz CT molecular complexity index is 1310. The molecule has 42 heavy (non-hydrogen) atoms. The summed E-state index contributed by atoms with van der Waals surface area (Å²) in [5, 5.41) is 0. The van der Waals surface area contributed by atoms with Gasteiger partial charge in [-0.1, -0.05) is 133 Å². The van der Waals surface area contributed by atoms with Gasteiger partial charge in [0.1, 0.15) is 30.5 Å². The number of hydrogen-bond acceptors (Lipinski definition) is 5. The Hall–Kier alpha value is -3.58. The van der Waals surface area contributed by atoms with Crippen molar-refractivity contribution in [3.8, 4) is 0 Å². The van der Waals surface area contributed by atoms with Crippen LogP contribution in [0.3, 0.4) is 0 Å². The third-order valence-corrected chi connectivity index (χ3v) is 7.30. The van der Waals surface area contributed by atoms with E-state index < -0.39 is 18.3 Å². The van der Waals surface area contributed by atoms with Gasteiger partial charge in [-0.2, -0.15) is 0 Å². The van der Waals surface area contributed by atoms with Crippen LogP contribution in [0.5, 0.6) is 0 Å². The SMILES string of the molecule is C/C=C/[C@H]1O[C@H](COCc2ccccc2)[C@@H](OCc2ccccc2)[C@H](OCc2ccccc2)[C@@H]1OCc1ccccc1. The van der Waals surface area contributed by atoms with E-state index in [9.17, 15) is 0 Å². The van der Waals surface area contributed by atoms with Gasteiger partial charge >= 0.3 is 0 Å². The molecule has 5 nitrogen and oxygen atoms in total. The molecule has 0 saturated carbocycles. The summed E-state index contributed by atoms with van der Waals surface area (Å²) < 4.78 is 32.9. The number of benzene rings is 4. The van der Waals surface area contributed by atoms with Crippen LogP contribution in [0.15, 0.2) is 133 Å². The van der Waals surface area contributed by atoms with Crippen LogP contribution in [0.2, 0.25) is 0 Å². The first-order valence-corrected chi connectivity index (χ1v) is 14.7. The molecule has 0 aliphatic carbocycles. The summed E-state index contributed by atoms with van der Waals surface area (Å²) in [7, 11) is 0. The van der Waals surface area contributed by atoms with E-state index >= 15 is 0 Å². The Balaban J connectivity index is 1.41. The van der Waals surface area contributed by atoms with Gasteiger partial charge in [-0.25, -0.2) is 0 Å². The highest BCUT2D eigenvalue weighted by Gasteiger charge is 2.47. The van der Waals surface area contributed by atoms with Crippen LogP contribution in [0.4, 0.5) is 0 Å². The van der Waals surface area contributed by atoms with Gasteiger partial charge in [0, 0.05) is 0 Å². The van der Waals surface area contributed by atoms with Gasteiger partial charge < -0.3 is 23.7 Å². The van der Waals surface area contributed by atoms with Crippen LogP contribution >= 0.6 is 0 Å². The highest BCUT2D eigenvalue weighted by molar-refractivity contribution is 5.17. The molecular formula is C37H40O5. The zero-order chi connectivity index (χ0) is 28.8. The molecule has 0 bridgehead atoms. The van der Waals surface area contributed by atoms with Crippen LogP contribution < -0.4 is 0 Å². The fraction of sp³-hybridized carbons (Fsp3) is 0.297. The highest BCUT2D eigenvalue weighted by atomic mass is 16.6. The zero-order valence-electron chi connectivity index (χ0n) is 24.2. The van der Waals surface area contributed by atoms with Crippen LogP contribution in [0, 0.1) is 0 Å². The molecule has 1 aliphatic rings. The van der Waals surface area contributed by atoms with Crippen molar-refractivity contribution < 1.29 is 23.7 Å². The van der Waals surface area contributed by atoms with Crippen molar-refractivity contribution in [2.24, 2.45) is 0 Å². The maximum absolute atomic E-state index is 6.72. The second kappa shape index (κ2) is 16.2. The minimum atomic E-state index is -0.424. The molecule has 1 heterocycles. The molecule has 0 spiro atoms. The minimum absolute atomic E-state index is 0.332. The number of rotatable bonds is 14. The van der Waals surface area contributed by atoms with Crippen molar-refractivity contribution in [2.75, 3.05) is 6.61 Å². The van der Waals surface area contributed by atoms with Gasteiger partial charge in [0.15, 0.2) is 0 Å². The lowest BCUT2D eigenvalue weighted by Crippen LogP contribution is -2.60.